The maximum absolute atomic E-state index is 13.6. The summed E-state index contributed by atoms with van der Waals surface area (Å²) in [7, 11) is -4.73. The summed E-state index contributed by atoms with van der Waals surface area (Å²) in [4.78, 5) is 28.4. The zero-order valence-electron chi connectivity index (χ0n) is 27.2. The van der Waals surface area contributed by atoms with Crippen LogP contribution in [-0.4, -0.2) is 76.0 Å². The molecule has 2 aromatic carbocycles. The van der Waals surface area contributed by atoms with Crippen LogP contribution < -0.4 is 5.32 Å². The van der Waals surface area contributed by atoms with Crippen LogP contribution in [0.3, 0.4) is 0 Å². The van der Waals surface area contributed by atoms with Gasteiger partial charge in [0.25, 0.3) is 17.4 Å². The SMILES string of the molecule is COC1(C(=O)N2Cc3cc(S(=O)(=O)CCO[Si](C)(C)C(C)(C)C)ccc3C2C(=O)Nc2ccc(C(O)(C(F)(F)F)C(F)(F)F)cc2)CC1. The molecule has 0 bridgehead atoms. The number of hydrogen-bond acceptors (Lipinski definition) is 7. The van der Waals surface area contributed by atoms with Gasteiger partial charge in [0.15, 0.2) is 18.2 Å². The summed E-state index contributed by atoms with van der Waals surface area (Å²) in [6, 6.07) is 5.05. The summed E-state index contributed by atoms with van der Waals surface area (Å²) in [5, 5.41) is 11.9. The van der Waals surface area contributed by atoms with E-state index in [1.807, 2.05) is 33.9 Å². The Morgan fingerprint density at radius 2 is 1.56 bits per heavy atom. The topological polar surface area (TPSA) is 122 Å². The highest BCUT2D eigenvalue weighted by Gasteiger charge is 2.71. The first-order chi connectivity index (χ1) is 21.8. The molecule has 1 fully saturated rings. The number of nitrogens with one attached hydrogen (secondary N) is 1. The van der Waals surface area contributed by atoms with Gasteiger partial charge in [-0.05, 0) is 66.4 Å². The molecule has 1 heterocycles. The molecular weight excluding hydrogens is 686 g/mol. The standard InChI is InChI=1S/C31H38F6N2O7SSi/c1-27(2,3)48(5,6)46-15-16-47(43,44)22-11-12-23-19(17-22)18-39(26(41)28(45-4)13-14-28)24(23)25(40)38-21-9-7-20(8-10-21)29(42,30(32,33)34)31(35,36)37/h7-12,17,24,42H,13-16,18H2,1-6H3,(H,38,40). The van der Waals surface area contributed by atoms with Crippen molar-refractivity contribution in [1.82, 2.24) is 4.90 Å². The number of hydrogen-bond donors (Lipinski definition) is 2. The van der Waals surface area contributed by atoms with Crippen molar-refractivity contribution in [1.29, 1.82) is 0 Å². The number of fused-ring (bicyclic) bond motifs is 1. The molecule has 9 nitrogen and oxygen atoms in total. The summed E-state index contributed by atoms with van der Waals surface area (Å²) in [5.41, 5.74) is -7.42. The van der Waals surface area contributed by atoms with Crippen molar-refractivity contribution < 1.29 is 58.6 Å². The van der Waals surface area contributed by atoms with Crippen LogP contribution >= 0.6 is 0 Å². The number of anilines is 1. The number of benzene rings is 2. The van der Waals surface area contributed by atoms with Gasteiger partial charge >= 0.3 is 12.4 Å². The van der Waals surface area contributed by atoms with E-state index in [-0.39, 0.29) is 40.1 Å². The molecule has 0 aromatic heterocycles. The number of rotatable bonds is 10. The largest absolute Gasteiger partial charge is 0.430 e. The minimum atomic E-state index is -6.09. The second kappa shape index (κ2) is 12.4. The second-order valence-electron chi connectivity index (χ2n) is 13.6. The van der Waals surface area contributed by atoms with E-state index in [1.54, 1.807) is 0 Å². The van der Waals surface area contributed by atoms with E-state index >= 15 is 0 Å². The third-order valence-electron chi connectivity index (χ3n) is 9.43. The van der Waals surface area contributed by atoms with Gasteiger partial charge in [0.2, 0.25) is 0 Å². The van der Waals surface area contributed by atoms with Gasteiger partial charge in [-0.1, -0.05) is 39.0 Å². The molecule has 0 saturated heterocycles. The number of sulfone groups is 1. The van der Waals surface area contributed by atoms with Gasteiger partial charge in [0, 0.05) is 31.5 Å². The number of nitrogens with zero attached hydrogens (tertiary/aromatic N) is 1. The smallest absolute Gasteiger partial charge is 0.416 e. The lowest BCUT2D eigenvalue weighted by Gasteiger charge is -2.36. The highest BCUT2D eigenvalue weighted by atomic mass is 32.2. The van der Waals surface area contributed by atoms with Crippen LogP contribution in [0.5, 0.6) is 0 Å². The lowest BCUT2D eigenvalue weighted by Crippen LogP contribution is -2.53. The fourth-order valence-corrected chi connectivity index (χ4v) is 7.54. The van der Waals surface area contributed by atoms with Gasteiger partial charge in [-0.3, -0.25) is 9.59 Å². The molecule has 0 radical (unpaired) electrons. The van der Waals surface area contributed by atoms with Crippen LogP contribution in [0, 0.1) is 0 Å². The first-order valence-electron chi connectivity index (χ1n) is 14.9. The average Bonchev–Trinajstić information content (AvgIpc) is 3.67. The number of carbonyl (C=O) groups excluding carboxylic acids is 2. The van der Waals surface area contributed by atoms with Crippen molar-refractivity contribution in [3.63, 3.8) is 0 Å². The monoisotopic (exact) mass is 724 g/mol. The Balaban J connectivity index is 1.61. The second-order valence-corrected chi connectivity index (χ2v) is 20.5. The minimum Gasteiger partial charge on any atom is -0.416 e. The molecule has 1 aliphatic carbocycles. The van der Waals surface area contributed by atoms with Crippen molar-refractivity contribution in [3.8, 4) is 0 Å². The minimum absolute atomic E-state index is 0.0238. The van der Waals surface area contributed by atoms with Crippen LogP contribution in [-0.2, 0) is 40.7 Å². The Morgan fingerprint density at radius 3 is 2.04 bits per heavy atom. The molecule has 0 spiro atoms. The first kappa shape index (κ1) is 37.8. The molecular formula is C31H38F6N2O7SSi. The summed E-state index contributed by atoms with van der Waals surface area (Å²) in [5.74, 6) is -1.70. The molecule has 48 heavy (non-hydrogen) atoms. The van der Waals surface area contributed by atoms with E-state index < -0.39 is 65.1 Å². The zero-order chi connectivity index (χ0) is 36.3. The van der Waals surface area contributed by atoms with Crippen LogP contribution in [0.1, 0.15) is 56.3 Å². The van der Waals surface area contributed by atoms with Gasteiger partial charge in [0.05, 0.1) is 10.6 Å². The Bertz CT molecular complexity index is 1650. The van der Waals surface area contributed by atoms with Gasteiger partial charge in [0.1, 0.15) is 11.6 Å². The number of carbonyl (C=O) groups is 2. The third kappa shape index (κ3) is 6.88. The van der Waals surface area contributed by atoms with Crippen molar-refractivity contribution in [2.75, 3.05) is 24.8 Å². The molecule has 2 aliphatic rings. The number of methoxy groups -OCH3 is 1. The van der Waals surface area contributed by atoms with E-state index in [4.69, 9.17) is 9.16 Å². The van der Waals surface area contributed by atoms with Gasteiger partial charge in [-0.15, -0.1) is 0 Å². The molecule has 1 saturated carbocycles. The summed E-state index contributed by atoms with van der Waals surface area (Å²) in [6.45, 7) is 9.89. The molecule has 2 aromatic rings. The van der Waals surface area contributed by atoms with Gasteiger partial charge in [-0.2, -0.15) is 26.3 Å². The maximum atomic E-state index is 13.6. The Hall–Kier alpha value is -2.99. The number of amides is 2. The highest BCUT2D eigenvalue weighted by molar-refractivity contribution is 7.91. The molecule has 4 rings (SSSR count). The summed E-state index contributed by atoms with van der Waals surface area (Å²) >= 11 is 0. The van der Waals surface area contributed by atoms with Crippen LogP contribution in [0.4, 0.5) is 32.0 Å². The van der Waals surface area contributed by atoms with Crippen molar-refractivity contribution in [2.24, 2.45) is 0 Å². The van der Waals surface area contributed by atoms with E-state index in [0.717, 1.165) is 12.1 Å². The predicted octanol–water partition coefficient (Wildman–Crippen LogP) is 6.00. The van der Waals surface area contributed by atoms with Gasteiger partial charge in [-0.25, -0.2) is 8.42 Å². The average molecular weight is 725 g/mol. The number of halogens is 6. The number of alkyl halides is 6. The van der Waals surface area contributed by atoms with Crippen LogP contribution in [0.15, 0.2) is 47.4 Å². The number of ether oxygens (including phenoxy) is 1. The molecule has 1 aliphatic heterocycles. The Labute approximate surface area is 275 Å². The van der Waals surface area contributed by atoms with Crippen molar-refractivity contribution in [2.45, 2.75) is 92.8 Å². The Kier molecular flexibility index (Phi) is 9.77. The quantitative estimate of drug-likeness (QED) is 0.228. The predicted molar refractivity (Wildman–Crippen MR) is 165 cm³/mol. The zero-order valence-corrected chi connectivity index (χ0v) is 29.0. The van der Waals surface area contributed by atoms with Crippen molar-refractivity contribution >= 4 is 35.7 Å². The fourth-order valence-electron chi connectivity index (χ4n) is 5.21. The number of aliphatic hydroxyl groups is 1. The van der Waals surface area contributed by atoms with E-state index in [2.05, 4.69) is 5.32 Å². The highest BCUT2D eigenvalue weighted by Crippen LogP contribution is 2.50. The van der Waals surface area contributed by atoms with E-state index in [9.17, 15) is 49.5 Å². The summed E-state index contributed by atoms with van der Waals surface area (Å²) < 4.78 is 118. The third-order valence-corrected chi connectivity index (χ3v) is 15.6. The fraction of sp³-hybridized carbons (Fsp3) is 0.548. The molecule has 266 valence electrons. The summed E-state index contributed by atoms with van der Waals surface area (Å²) in [6.07, 6.45) is -11.4. The van der Waals surface area contributed by atoms with Crippen LogP contribution in [0.25, 0.3) is 0 Å². The molecule has 1 atom stereocenters. The van der Waals surface area contributed by atoms with E-state index in [0.29, 0.717) is 30.5 Å². The molecule has 1 unspecified atom stereocenters. The molecule has 17 heteroatoms. The maximum Gasteiger partial charge on any atom is 0.430 e. The Morgan fingerprint density at radius 1 is 1.00 bits per heavy atom. The van der Waals surface area contributed by atoms with Gasteiger partial charge < -0.3 is 24.5 Å². The lowest BCUT2D eigenvalue weighted by atomic mass is 9.92. The van der Waals surface area contributed by atoms with E-state index in [1.165, 1.54) is 30.2 Å². The normalized spacial score (nSPS) is 18.4. The van der Waals surface area contributed by atoms with Crippen LogP contribution in [0.2, 0.25) is 18.1 Å². The lowest BCUT2D eigenvalue weighted by molar-refractivity contribution is -0.376. The first-order valence-corrected chi connectivity index (χ1v) is 19.5. The molecule has 2 amide bonds. The van der Waals surface area contributed by atoms with Crippen molar-refractivity contribution in [3.05, 3.63) is 59.2 Å². The molecule has 2 N–H and O–H groups in total.